The molecule has 1 amide bonds. The van der Waals surface area contributed by atoms with Gasteiger partial charge in [0.25, 0.3) is 0 Å². The maximum absolute atomic E-state index is 11.8. The number of aliphatic carboxylic acids is 2. The number of carboxylic acids is 2. The molecule has 0 fully saturated rings. The van der Waals surface area contributed by atoms with E-state index in [9.17, 15) is 19.2 Å². The van der Waals surface area contributed by atoms with Gasteiger partial charge in [-0.3, -0.25) is 9.59 Å². The molecule has 8 nitrogen and oxygen atoms in total. The van der Waals surface area contributed by atoms with Crippen LogP contribution < -0.4 is 0 Å². The van der Waals surface area contributed by atoms with Gasteiger partial charge in [-0.15, -0.1) is 0 Å². The van der Waals surface area contributed by atoms with Crippen LogP contribution in [-0.4, -0.2) is 58.6 Å². The lowest BCUT2D eigenvalue weighted by molar-refractivity contribution is -0.151. The van der Waals surface area contributed by atoms with Crippen LogP contribution in [0, 0.1) is 0 Å². The Kier molecular flexibility index (Phi) is 7.12. The van der Waals surface area contributed by atoms with Crippen molar-refractivity contribution in [3.63, 3.8) is 0 Å². The monoisotopic (exact) mass is 301 g/mol. The number of carboxylic acid groups (broad SMARTS) is 2. The van der Waals surface area contributed by atoms with Crippen molar-refractivity contribution < 1.29 is 34.1 Å². The summed E-state index contributed by atoms with van der Waals surface area (Å²) in [6.07, 6.45) is -0.941. The fourth-order valence-corrected chi connectivity index (χ4v) is 1.37. The fourth-order valence-electron chi connectivity index (χ4n) is 1.37. The van der Waals surface area contributed by atoms with E-state index >= 15 is 0 Å². The van der Waals surface area contributed by atoms with Crippen LogP contribution in [0.2, 0.25) is 0 Å². The summed E-state index contributed by atoms with van der Waals surface area (Å²) in [6.45, 7) is 4.07. The average molecular weight is 301 g/mol. The molecule has 0 rings (SSSR count). The minimum atomic E-state index is -1.48. The Labute approximate surface area is 122 Å². The van der Waals surface area contributed by atoms with Crippen molar-refractivity contribution in [1.82, 2.24) is 4.90 Å². The summed E-state index contributed by atoms with van der Waals surface area (Å²) in [6, 6.07) is 0. The zero-order valence-corrected chi connectivity index (χ0v) is 12.4. The van der Waals surface area contributed by atoms with Crippen molar-refractivity contribution in [2.45, 2.75) is 33.3 Å². The molecule has 0 aliphatic heterocycles. The first kappa shape index (κ1) is 18.6. The Hall–Kier alpha value is -2.38. The molecular weight excluding hydrogens is 282 g/mol. The van der Waals surface area contributed by atoms with E-state index in [0.29, 0.717) is 0 Å². The molecule has 0 aromatic carbocycles. The second kappa shape index (κ2) is 8.03. The highest BCUT2D eigenvalue weighted by Gasteiger charge is 2.22. The van der Waals surface area contributed by atoms with Gasteiger partial charge >= 0.3 is 17.9 Å². The Morgan fingerprint density at radius 2 is 1.62 bits per heavy atom. The predicted octanol–water partition coefficient (Wildman–Crippen LogP) is 0.272. The van der Waals surface area contributed by atoms with Gasteiger partial charge in [-0.05, 0) is 20.8 Å². The van der Waals surface area contributed by atoms with E-state index in [2.05, 4.69) is 0 Å². The molecular formula is C13H19NO7. The van der Waals surface area contributed by atoms with Crippen molar-refractivity contribution in [3.05, 3.63) is 11.1 Å². The smallest absolute Gasteiger partial charge is 0.332 e. The van der Waals surface area contributed by atoms with E-state index in [4.69, 9.17) is 14.9 Å². The molecule has 0 radical (unpaired) electrons. The standard InChI is InChI=1S/C13H19NO7/c1-7(2)21-11(16)6-14(4)10(15)5-9(13(19)20)8(3)12(17)18/h7H,5-6H2,1-4H3,(H,17,18)(H,19,20). The molecule has 2 N–H and O–H groups in total. The minimum absolute atomic E-state index is 0.329. The maximum atomic E-state index is 11.8. The Morgan fingerprint density at radius 3 is 2.00 bits per heavy atom. The highest BCUT2D eigenvalue weighted by Crippen LogP contribution is 2.11. The van der Waals surface area contributed by atoms with Gasteiger partial charge in [0, 0.05) is 12.6 Å². The molecule has 0 saturated heterocycles. The molecule has 0 spiro atoms. The van der Waals surface area contributed by atoms with Gasteiger partial charge in [-0.25, -0.2) is 9.59 Å². The number of amides is 1. The maximum Gasteiger partial charge on any atom is 0.332 e. The van der Waals surface area contributed by atoms with E-state index in [1.807, 2.05) is 0 Å². The van der Waals surface area contributed by atoms with E-state index in [1.165, 1.54) is 7.05 Å². The quantitative estimate of drug-likeness (QED) is 0.511. The summed E-state index contributed by atoms with van der Waals surface area (Å²) in [4.78, 5) is 46.0. The molecule has 0 aliphatic rings. The number of hydrogen-bond acceptors (Lipinski definition) is 5. The van der Waals surface area contributed by atoms with Crippen molar-refractivity contribution >= 4 is 23.8 Å². The van der Waals surface area contributed by atoms with Gasteiger partial charge in [-0.1, -0.05) is 0 Å². The molecule has 118 valence electrons. The first-order valence-electron chi connectivity index (χ1n) is 6.16. The highest BCUT2D eigenvalue weighted by molar-refractivity contribution is 6.02. The number of esters is 1. The topological polar surface area (TPSA) is 121 Å². The van der Waals surface area contributed by atoms with Crippen LogP contribution in [-0.2, 0) is 23.9 Å². The molecule has 0 aromatic rings. The Balaban J connectivity index is 4.86. The van der Waals surface area contributed by atoms with Gasteiger partial charge in [0.1, 0.15) is 6.54 Å². The lowest BCUT2D eigenvalue weighted by Gasteiger charge is -2.17. The number of nitrogens with zero attached hydrogens (tertiary/aromatic N) is 1. The number of carbonyl (C=O) groups is 4. The molecule has 0 aromatic heterocycles. The summed E-state index contributed by atoms with van der Waals surface area (Å²) in [7, 11) is 1.31. The van der Waals surface area contributed by atoms with E-state index in [-0.39, 0.29) is 12.6 Å². The van der Waals surface area contributed by atoms with Crippen LogP contribution in [0.5, 0.6) is 0 Å². The van der Waals surface area contributed by atoms with Gasteiger partial charge in [-0.2, -0.15) is 0 Å². The minimum Gasteiger partial charge on any atom is -0.478 e. The highest BCUT2D eigenvalue weighted by atomic mass is 16.5. The Morgan fingerprint density at radius 1 is 1.10 bits per heavy atom. The lowest BCUT2D eigenvalue weighted by Crippen LogP contribution is -2.34. The third-order valence-corrected chi connectivity index (χ3v) is 2.52. The first-order chi connectivity index (χ1) is 9.56. The fraction of sp³-hybridized carbons (Fsp3) is 0.538. The van der Waals surface area contributed by atoms with Crippen molar-refractivity contribution in [2.75, 3.05) is 13.6 Å². The lowest BCUT2D eigenvalue weighted by atomic mass is 10.1. The van der Waals surface area contributed by atoms with Gasteiger partial charge in [0.2, 0.25) is 5.91 Å². The molecule has 21 heavy (non-hydrogen) atoms. The second-order valence-electron chi connectivity index (χ2n) is 4.68. The van der Waals surface area contributed by atoms with Gasteiger partial charge in [0.05, 0.1) is 18.1 Å². The third kappa shape index (κ3) is 6.55. The van der Waals surface area contributed by atoms with Crippen molar-refractivity contribution in [3.8, 4) is 0 Å². The summed E-state index contributed by atoms with van der Waals surface area (Å²) in [5, 5.41) is 17.7. The predicted molar refractivity (Wildman–Crippen MR) is 71.5 cm³/mol. The van der Waals surface area contributed by atoms with Crippen LogP contribution in [0.4, 0.5) is 0 Å². The van der Waals surface area contributed by atoms with Gasteiger partial charge < -0.3 is 19.8 Å². The number of ether oxygens (including phenoxy) is 1. The molecule has 0 unspecified atom stereocenters. The summed E-state index contributed by atoms with van der Waals surface area (Å²) >= 11 is 0. The summed E-state index contributed by atoms with van der Waals surface area (Å²) in [5.74, 6) is -4.21. The van der Waals surface area contributed by atoms with Gasteiger partial charge in [0.15, 0.2) is 0 Å². The van der Waals surface area contributed by atoms with E-state index < -0.39 is 41.4 Å². The summed E-state index contributed by atoms with van der Waals surface area (Å²) < 4.78 is 4.85. The normalized spacial score (nSPS) is 11.7. The molecule has 8 heteroatoms. The average Bonchev–Trinajstić information content (AvgIpc) is 2.32. The number of hydrogen-bond donors (Lipinski definition) is 2. The second-order valence-corrected chi connectivity index (χ2v) is 4.68. The van der Waals surface area contributed by atoms with Crippen LogP contribution in [0.25, 0.3) is 0 Å². The van der Waals surface area contributed by atoms with E-state index in [1.54, 1.807) is 13.8 Å². The number of carbonyl (C=O) groups excluding carboxylic acids is 2. The molecule has 0 bridgehead atoms. The van der Waals surface area contributed by atoms with Crippen molar-refractivity contribution in [2.24, 2.45) is 0 Å². The van der Waals surface area contributed by atoms with Crippen LogP contribution in [0.15, 0.2) is 11.1 Å². The molecule has 0 saturated carbocycles. The van der Waals surface area contributed by atoms with E-state index in [0.717, 1.165) is 11.8 Å². The zero-order chi connectivity index (χ0) is 16.7. The third-order valence-electron chi connectivity index (χ3n) is 2.52. The summed E-state index contributed by atoms with van der Waals surface area (Å²) in [5.41, 5.74) is -0.939. The number of likely N-dealkylation sites (N-methyl/N-ethyl adjacent to an activating group) is 1. The van der Waals surface area contributed by atoms with Crippen LogP contribution in [0.1, 0.15) is 27.2 Å². The molecule has 0 aliphatic carbocycles. The molecule has 0 atom stereocenters. The SMILES string of the molecule is CC(C(=O)O)=C(CC(=O)N(C)CC(=O)OC(C)C)C(=O)O. The Bertz CT molecular complexity index is 479. The molecule has 0 heterocycles. The van der Waals surface area contributed by atoms with Crippen LogP contribution >= 0.6 is 0 Å². The largest absolute Gasteiger partial charge is 0.478 e. The number of rotatable bonds is 7. The van der Waals surface area contributed by atoms with Crippen molar-refractivity contribution in [1.29, 1.82) is 0 Å². The zero-order valence-electron chi connectivity index (χ0n) is 12.4. The first-order valence-corrected chi connectivity index (χ1v) is 6.16. The van der Waals surface area contributed by atoms with Crippen LogP contribution in [0.3, 0.4) is 0 Å².